The topological polar surface area (TPSA) is 84.2 Å². The molecule has 0 saturated heterocycles. The van der Waals surface area contributed by atoms with Crippen LogP contribution in [0.4, 0.5) is 0 Å². The van der Waals surface area contributed by atoms with E-state index < -0.39 is 11.4 Å². The lowest BCUT2D eigenvalue weighted by atomic mass is 10.1. The van der Waals surface area contributed by atoms with E-state index in [9.17, 15) is 9.59 Å². The zero-order chi connectivity index (χ0) is 11.5. The quantitative estimate of drug-likeness (QED) is 0.549. The van der Waals surface area contributed by atoms with Crippen LogP contribution in [0.2, 0.25) is 0 Å². The first-order chi connectivity index (χ1) is 6.92. The van der Waals surface area contributed by atoms with Crippen LogP contribution in [0.25, 0.3) is 0 Å². The first-order valence-electron chi connectivity index (χ1n) is 5.23. The Morgan fingerprint density at radius 3 is 2.47 bits per heavy atom. The van der Waals surface area contributed by atoms with Crippen LogP contribution < -0.4 is 16.4 Å². The number of hydrogen-bond donors (Lipinski definition) is 3. The number of nitrogens with two attached hydrogens (primary N) is 1. The minimum Gasteiger partial charge on any atom is -0.368 e. The Hall–Kier alpha value is -1.10. The van der Waals surface area contributed by atoms with Crippen molar-refractivity contribution < 1.29 is 9.59 Å². The minimum absolute atomic E-state index is 0.195. The lowest BCUT2D eigenvalue weighted by Gasteiger charge is -2.22. The molecule has 0 atom stereocenters. The van der Waals surface area contributed by atoms with E-state index in [2.05, 4.69) is 10.6 Å². The van der Waals surface area contributed by atoms with Gasteiger partial charge in [0.2, 0.25) is 11.8 Å². The summed E-state index contributed by atoms with van der Waals surface area (Å²) >= 11 is 0. The number of rotatable bonds is 6. The third-order valence-corrected chi connectivity index (χ3v) is 2.48. The van der Waals surface area contributed by atoms with E-state index >= 15 is 0 Å². The average molecular weight is 213 g/mol. The maximum atomic E-state index is 11.4. The summed E-state index contributed by atoms with van der Waals surface area (Å²) in [6, 6.07) is 0. The first-order valence-corrected chi connectivity index (χ1v) is 5.23. The average Bonchev–Trinajstić information content (AvgIpc) is 2.86. The summed E-state index contributed by atoms with van der Waals surface area (Å²) in [6.07, 6.45) is 2.50. The van der Waals surface area contributed by atoms with Gasteiger partial charge in [0.05, 0.1) is 6.54 Å². The van der Waals surface area contributed by atoms with Crippen molar-refractivity contribution in [2.75, 3.05) is 13.1 Å². The van der Waals surface area contributed by atoms with E-state index in [-0.39, 0.29) is 12.5 Å². The molecule has 0 radical (unpaired) electrons. The van der Waals surface area contributed by atoms with Crippen molar-refractivity contribution >= 4 is 11.8 Å². The fraction of sp³-hybridized carbons (Fsp3) is 0.800. The molecule has 5 heteroatoms. The highest BCUT2D eigenvalue weighted by Gasteiger charge is 2.27. The van der Waals surface area contributed by atoms with Gasteiger partial charge in [-0.15, -0.1) is 0 Å². The monoisotopic (exact) mass is 213 g/mol. The highest BCUT2D eigenvalue weighted by atomic mass is 16.2. The molecular weight excluding hydrogens is 194 g/mol. The van der Waals surface area contributed by atoms with Gasteiger partial charge in [-0.05, 0) is 39.2 Å². The maximum Gasteiger partial charge on any atom is 0.242 e. The summed E-state index contributed by atoms with van der Waals surface area (Å²) in [7, 11) is 0. The predicted octanol–water partition coefficient (Wildman–Crippen LogP) is -0.634. The van der Waals surface area contributed by atoms with Crippen molar-refractivity contribution in [3.05, 3.63) is 0 Å². The molecule has 1 aliphatic carbocycles. The van der Waals surface area contributed by atoms with Crippen molar-refractivity contribution in [1.82, 2.24) is 10.6 Å². The molecule has 5 nitrogen and oxygen atoms in total. The smallest absolute Gasteiger partial charge is 0.242 e. The van der Waals surface area contributed by atoms with Gasteiger partial charge in [0.25, 0.3) is 0 Å². The summed E-state index contributed by atoms with van der Waals surface area (Å²) in [5.41, 5.74) is 4.16. The number of nitrogens with one attached hydrogen (secondary N) is 2. The molecule has 1 aliphatic rings. The molecule has 4 N–H and O–H groups in total. The molecule has 0 bridgehead atoms. The van der Waals surface area contributed by atoms with Crippen LogP contribution >= 0.6 is 0 Å². The predicted molar refractivity (Wildman–Crippen MR) is 57.0 cm³/mol. The van der Waals surface area contributed by atoms with Gasteiger partial charge in [0.15, 0.2) is 0 Å². The van der Waals surface area contributed by atoms with Crippen molar-refractivity contribution in [2.45, 2.75) is 32.2 Å². The van der Waals surface area contributed by atoms with Gasteiger partial charge in [-0.25, -0.2) is 0 Å². The van der Waals surface area contributed by atoms with Crippen LogP contribution in [0.15, 0.2) is 0 Å². The molecule has 0 heterocycles. The number of amides is 2. The van der Waals surface area contributed by atoms with Crippen molar-refractivity contribution in [1.29, 1.82) is 0 Å². The van der Waals surface area contributed by atoms with Crippen LogP contribution in [0.5, 0.6) is 0 Å². The summed E-state index contributed by atoms with van der Waals surface area (Å²) in [5, 5.41) is 5.62. The molecule has 15 heavy (non-hydrogen) atoms. The second-order valence-electron chi connectivity index (χ2n) is 4.61. The molecule has 2 amide bonds. The van der Waals surface area contributed by atoms with Gasteiger partial charge in [0, 0.05) is 0 Å². The molecule has 86 valence electrons. The van der Waals surface area contributed by atoms with Crippen molar-refractivity contribution in [3.63, 3.8) is 0 Å². The Morgan fingerprint density at radius 1 is 1.40 bits per heavy atom. The van der Waals surface area contributed by atoms with E-state index in [1.807, 2.05) is 0 Å². The van der Waals surface area contributed by atoms with Crippen LogP contribution in [-0.4, -0.2) is 30.4 Å². The summed E-state index contributed by atoms with van der Waals surface area (Å²) in [5.74, 6) is 0.0134. The Bertz CT molecular complexity index is 259. The Morgan fingerprint density at radius 2 is 2.00 bits per heavy atom. The molecular formula is C10H19N3O2. The molecule has 0 aromatic rings. The second kappa shape index (κ2) is 4.61. The van der Waals surface area contributed by atoms with E-state index in [1.165, 1.54) is 12.8 Å². The summed E-state index contributed by atoms with van der Waals surface area (Å²) < 4.78 is 0. The third-order valence-electron chi connectivity index (χ3n) is 2.48. The lowest BCUT2D eigenvalue weighted by Crippen LogP contribution is -2.54. The number of carbonyl (C=O) groups excluding carboxylic acids is 2. The van der Waals surface area contributed by atoms with E-state index in [0.29, 0.717) is 0 Å². The zero-order valence-corrected chi connectivity index (χ0v) is 9.30. The van der Waals surface area contributed by atoms with Gasteiger partial charge in [0.1, 0.15) is 5.54 Å². The third kappa shape index (κ3) is 4.29. The normalized spacial score (nSPS) is 16.1. The van der Waals surface area contributed by atoms with Crippen LogP contribution in [0.3, 0.4) is 0 Å². The van der Waals surface area contributed by atoms with E-state index in [0.717, 1.165) is 12.5 Å². The largest absolute Gasteiger partial charge is 0.368 e. The fourth-order valence-corrected chi connectivity index (χ4v) is 1.17. The Kier molecular flexibility index (Phi) is 3.68. The molecule has 1 rings (SSSR count). The van der Waals surface area contributed by atoms with Gasteiger partial charge >= 0.3 is 0 Å². The van der Waals surface area contributed by atoms with Crippen molar-refractivity contribution in [2.24, 2.45) is 11.7 Å². The highest BCUT2D eigenvalue weighted by Crippen LogP contribution is 2.27. The van der Waals surface area contributed by atoms with Crippen molar-refractivity contribution in [3.8, 4) is 0 Å². The van der Waals surface area contributed by atoms with Gasteiger partial charge in [-0.1, -0.05) is 0 Å². The number of primary amides is 1. The molecule has 1 saturated carbocycles. The molecule has 0 aliphatic heterocycles. The Balaban J connectivity index is 2.18. The molecule has 1 fully saturated rings. The van der Waals surface area contributed by atoms with E-state index in [1.54, 1.807) is 13.8 Å². The van der Waals surface area contributed by atoms with Crippen LogP contribution in [0.1, 0.15) is 26.7 Å². The highest BCUT2D eigenvalue weighted by molar-refractivity contribution is 5.90. The standard InChI is InChI=1S/C10H19N3O2/c1-10(2,9(11)15)13-8(14)6-12-5-7-3-4-7/h7,12H,3-6H2,1-2H3,(H2,11,15)(H,13,14). The zero-order valence-electron chi connectivity index (χ0n) is 9.30. The van der Waals surface area contributed by atoms with Gasteiger partial charge < -0.3 is 16.4 Å². The Labute approximate surface area is 89.8 Å². The number of carbonyl (C=O) groups is 2. The second-order valence-corrected chi connectivity index (χ2v) is 4.61. The maximum absolute atomic E-state index is 11.4. The first kappa shape index (κ1) is 12.0. The summed E-state index contributed by atoms with van der Waals surface area (Å²) in [6.45, 7) is 4.31. The minimum atomic E-state index is -0.974. The lowest BCUT2D eigenvalue weighted by molar-refractivity contribution is -0.129. The van der Waals surface area contributed by atoms with Crippen LogP contribution in [-0.2, 0) is 9.59 Å². The van der Waals surface area contributed by atoms with E-state index in [4.69, 9.17) is 5.73 Å². The molecule has 0 unspecified atom stereocenters. The SMILES string of the molecule is CC(C)(NC(=O)CNCC1CC1)C(N)=O. The van der Waals surface area contributed by atoms with Crippen LogP contribution in [0, 0.1) is 5.92 Å². The number of hydrogen-bond acceptors (Lipinski definition) is 3. The fourth-order valence-electron chi connectivity index (χ4n) is 1.17. The molecule has 0 aromatic carbocycles. The van der Waals surface area contributed by atoms with Gasteiger partial charge in [-0.2, -0.15) is 0 Å². The molecule has 0 aromatic heterocycles. The molecule has 0 spiro atoms. The van der Waals surface area contributed by atoms with Gasteiger partial charge in [-0.3, -0.25) is 9.59 Å². The summed E-state index contributed by atoms with van der Waals surface area (Å²) in [4.78, 5) is 22.3.